The van der Waals surface area contributed by atoms with Gasteiger partial charge in [-0.15, -0.1) is 0 Å². The van der Waals surface area contributed by atoms with Gasteiger partial charge in [-0.2, -0.15) is 0 Å². The highest BCUT2D eigenvalue weighted by atomic mass is 28.4. The molecule has 0 aliphatic heterocycles. The van der Waals surface area contributed by atoms with Gasteiger partial charge in [-0.1, -0.05) is 12.2 Å². The van der Waals surface area contributed by atoms with Crippen LogP contribution in [0.1, 0.15) is 12.8 Å². The van der Waals surface area contributed by atoms with E-state index in [0.717, 1.165) is 11.6 Å². The van der Waals surface area contributed by atoms with Crippen LogP contribution in [-0.4, -0.2) is 45.6 Å². The van der Waals surface area contributed by atoms with Gasteiger partial charge in [0.2, 0.25) is 0 Å². The van der Waals surface area contributed by atoms with Crippen LogP contribution in [0.4, 0.5) is 0 Å². The van der Waals surface area contributed by atoms with Gasteiger partial charge in [-0.3, -0.25) is 0 Å². The number of hydrogen-bond acceptors (Lipinski definition) is 4. The van der Waals surface area contributed by atoms with Crippen molar-refractivity contribution in [3.05, 3.63) is 12.2 Å². The predicted molar refractivity (Wildman–Crippen MR) is 79.3 cm³/mol. The molecule has 0 heterocycles. The average Bonchev–Trinajstić information content (AvgIpc) is 3.07. The molecule has 0 aromatic heterocycles. The third kappa shape index (κ3) is 2.75. The summed E-state index contributed by atoms with van der Waals surface area (Å²) < 4.78 is 23.3. The molecule has 0 amide bonds. The largest absolute Gasteiger partial charge is 0.398 e. The maximum atomic E-state index is 5.98. The van der Waals surface area contributed by atoms with Gasteiger partial charge < -0.3 is 17.7 Å². The lowest BCUT2D eigenvalue weighted by molar-refractivity contribution is 0.209. The Kier molecular flexibility index (Phi) is 4.69. The Morgan fingerprint density at radius 1 is 0.947 bits per heavy atom. The van der Waals surface area contributed by atoms with Crippen molar-refractivity contribution in [2.24, 2.45) is 11.8 Å². The SMILES string of the molecule is CO[Si](C)(C[Si](OC)(OC)C1CC2C=CC1C2)OC. The zero-order valence-electron chi connectivity index (χ0n) is 12.6. The minimum atomic E-state index is -2.28. The van der Waals surface area contributed by atoms with E-state index in [1.54, 1.807) is 28.4 Å². The van der Waals surface area contributed by atoms with E-state index in [0.29, 0.717) is 11.5 Å². The lowest BCUT2D eigenvalue weighted by atomic mass is 10.1. The standard InChI is InChI=1S/C13H26O4Si2/c1-14-18(5,15-2)10-19(16-3,17-4)13-9-11-6-7-12(13)8-11/h6-7,11-13H,8-10H2,1-5H3. The van der Waals surface area contributed by atoms with Crippen molar-refractivity contribution >= 4 is 17.1 Å². The number of allylic oxidation sites excluding steroid dienone is 2. The van der Waals surface area contributed by atoms with E-state index in [-0.39, 0.29) is 0 Å². The summed E-state index contributed by atoms with van der Waals surface area (Å²) >= 11 is 0. The second kappa shape index (κ2) is 5.79. The fourth-order valence-electron chi connectivity index (χ4n) is 3.62. The fraction of sp³-hybridized carbons (Fsp3) is 0.846. The summed E-state index contributed by atoms with van der Waals surface area (Å²) in [7, 11) is 2.61. The number of hydrogen-bond donors (Lipinski definition) is 0. The highest BCUT2D eigenvalue weighted by molar-refractivity contribution is 6.86. The topological polar surface area (TPSA) is 36.9 Å². The van der Waals surface area contributed by atoms with Crippen molar-refractivity contribution in [2.45, 2.75) is 30.6 Å². The molecule has 0 saturated heterocycles. The number of fused-ring (bicyclic) bond motifs is 2. The minimum Gasteiger partial charge on any atom is -0.398 e. The maximum Gasteiger partial charge on any atom is 0.343 e. The summed E-state index contributed by atoms with van der Waals surface area (Å²) in [5, 5.41) is 0. The van der Waals surface area contributed by atoms with Crippen LogP contribution in [0.5, 0.6) is 0 Å². The molecular weight excluding hydrogens is 276 g/mol. The van der Waals surface area contributed by atoms with Crippen LogP contribution in [0, 0.1) is 11.8 Å². The summed E-state index contributed by atoms with van der Waals surface area (Å²) in [5.74, 6) is 1.36. The molecule has 0 N–H and O–H groups in total. The van der Waals surface area contributed by atoms with Crippen LogP contribution >= 0.6 is 0 Å². The van der Waals surface area contributed by atoms with E-state index in [2.05, 4.69) is 18.7 Å². The van der Waals surface area contributed by atoms with Crippen LogP contribution in [-0.2, 0) is 17.7 Å². The quantitative estimate of drug-likeness (QED) is 0.535. The third-order valence-electron chi connectivity index (χ3n) is 4.97. The number of rotatable bonds is 7. The van der Waals surface area contributed by atoms with Crippen molar-refractivity contribution in [3.8, 4) is 0 Å². The Balaban J connectivity index is 2.20. The second-order valence-corrected chi connectivity index (χ2v) is 13.5. The molecule has 6 heteroatoms. The first-order valence-electron chi connectivity index (χ1n) is 6.91. The molecule has 110 valence electrons. The molecule has 2 rings (SSSR count). The molecule has 2 aliphatic carbocycles. The van der Waals surface area contributed by atoms with Gasteiger partial charge in [0.1, 0.15) is 0 Å². The zero-order chi connectivity index (χ0) is 14.1. The Hall–Kier alpha value is 0.0138. The van der Waals surface area contributed by atoms with Gasteiger partial charge >= 0.3 is 17.1 Å². The van der Waals surface area contributed by atoms with E-state index < -0.39 is 17.1 Å². The van der Waals surface area contributed by atoms with E-state index >= 15 is 0 Å². The molecule has 0 aromatic carbocycles. The Labute approximate surface area is 118 Å². The summed E-state index contributed by atoms with van der Waals surface area (Å²) in [4.78, 5) is 0. The Morgan fingerprint density at radius 2 is 1.58 bits per heavy atom. The molecular formula is C13H26O4Si2. The minimum absolute atomic E-state index is 0.537. The highest BCUT2D eigenvalue weighted by Crippen LogP contribution is 2.53. The van der Waals surface area contributed by atoms with Gasteiger partial charge in [-0.05, 0) is 31.2 Å². The molecule has 19 heavy (non-hydrogen) atoms. The summed E-state index contributed by atoms with van der Waals surface area (Å²) in [6, 6.07) is 0. The highest BCUT2D eigenvalue weighted by Gasteiger charge is 2.57. The summed E-state index contributed by atoms with van der Waals surface area (Å²) in [5.41, 5.74) is 1.37. The van der Waals surface area contributed by atoms with E-state index in [1.807, 2.05) is 0 Å². The molecule has 0 radical (unpaired) electrons. The lowest BCUT2D eigenvalue weighted by Gasteiger charge is -2.39. The van der Waals surface area contributed by atoms with Crippen molar-refractivity contribution < 1.29 is 17.7 Å². The van der Waals surface area contributed by atoms with Crippen molar-refractivity contribution in [3.63, 3.8) is 0 Å². The molecule has 4 nitrogen and oxygen atoms in total. The smallest absolute Gasteiger partial charge is 0.343 e. The van der Waals surface area contributed by atoms with Gasteiger partial charge in [0, 0.05) is 39.6 Å². The molecule has 2 bridgehead atoms. The Morgan fingerprint density at radius 3 is 1.95 bits per heavy atom. The molecule has 1 fully saturated rings. The summed E-state index contributed by atoms with van der Waals surface area (Å²) in [6.45, 7) is 2.09. The van der Waals surface area contributed by atoms with Crippen molar-refractivity contribution in [1.29, 1.82) is 0 Å². The van der Waals surface area contributed by atoms with E-state index in [1.165, 1.54) is 12.8 Å². The van der Waals surface area contributed by atoms with Crippen LogP contribution < -0.4 is 0 Å². The molecule has 2 aliphatic rings. The van der Waals surface area contributed by atoms with Gasteiger partial charge in [0.25, 0.3) is 0 Å². The van der Waals surface area contributed by atoms with E-state index in [9.17, 15) is 0 Å². The third-order valence-corrected chi connectivity index (χ3v) is 14.4. The fourth-order valence-corrected chi connectivity index (χ4v) is 13.1. The van der Waals surface area contributed by atoms with Crippen LogP contribution in [0.3, 0.4) is 0 Å². The lowest BCUT2D eigenvalue weighted by Crippen LogP contribution is -2.55. The van der Waals surface area contributed by atoms with Crippen LogP contribution in [0.15, 0.2) is 12.2 Å². The first-order chi connectivity index (χ1) is 9.02. The molecule has 0 spiro atoms. The average molecular weight is 303 g/mol. The first kappa shape index (κ1) is 15.4. The summed E-state index contributed by atoms with van der Waals surface area (Å²) in [6.07, 6.45) is 7.18. The molecule has 3 atom stereocenters. The second-order valence-electron chi connectivity index (χ2n) is 5.83. The van der Waals surface area contributed by atoms with Crippen molar-refractivity contribution in [1.82, 2.24) is 0 Å². The van der Waals surface area contributed by atoms with Gasteiger partial charge in [0.05, 0.1) is 0 Å². The predicted octanol–water partition coefficient (Wildman–Crippen LogP) is 2.59. The van der Waals surface area contributed by atoms with Gasteiger partial charge in [-0.25, -0.2) is 0 Å². The Bertz CT molecular complexity index is 340. The van der Waals surface area contributed by atoms with Crippen molar-refractivity contribution in [2.75, 3.05) is 28.4 Å². The van der Waals surface area contributed by atoms with Crippen LogP contribution in [0.25, 0.3) is 0 Å². The normalized spacial score (nSPS) is 30.3. The van der Waals surface area contributed by atoms with Crippen LogP contribution in [0.2, 0.25) is 17.8 Å². The zero-order valence-corrected chi connectivity index (χ0v) is 14.6. The van der Waals surface area contributed by atoms with Gasteiger partial charge in [0.15, 0.2) is 0 Å². The molecule has 3 unspecified atom stereocenters. The maximum absolute atomic E-state index is 5.98. The van der Waals surface area contributed by atoms with E-state index in [4.69, 9.17) is 17.7 Å². The molecule has 0 aromatic rings. The monoisotopic (exact) mass is 302 g/mol. The first-order valence-corrected chi connectivity index (χ1v) is 11.5. The molecule has 1 saturated carbocycles.